The summed E-state index contributed by atoms with van der Waals surface area (Å²) in [5, 5.41) is 4.85. The smallest absolute Gasteiger partial charge is 0.146 e. The zero-order valence-electron chi connectivity index (χ0n) is 19.7. The van der Waals surface area contributed by atoms with Gasteiger partial charge in [0.1, 0.15) is 11.2 Å². The Balaban J connectivity index is 1.76. The van der Waals surface area contributed by atoms with Crippen molar-refractivity contribution in [3.63, 3.8) is 0 Å². The predicted molar refractivity (Wildman–Crippen MR) is 146 cm³/mol. The first-order valence-corrected chi connectivity index (χ1v) is 12.2. The minimum absolute atomic E-state index is 0.155. The quantitative estimate of drug-likeness (QED) is 0.244. The molecule has 0 N–H and O–H groups in total. The van der Waals surface area contributed by atoms with Gasteiger partial charge in [0.2, 0.25) is 0 Å². The monoisotopic (exact) mass is 449 g/mol. The molecule has 0 spiro atoms. The van der Waals surface area contributed by atoms with Gasteiger partial charge in [-0.3, -0.25) is 0 Å². The number of para-hydroxylation sites is 3. The van der Waals surface area contributed by atoms with Crippen LogP contribution in [-0.2, 0) is 5.41 Å². The van der Waals surface area contributed by atoms with Crippen molar-refractivity contribution in [2.24, 2.45) is 0 Å². The zero-order valence-corrected chi connectivity index (χ0v) is 19.7. The fraction of sp³-hybridized carbons (Fsp3) is 0.0909. The van der Waals surface area contributed by atoms with Crippen LogP contribution in [0.2, 0.25) is 0 Å². The average molecular weight is 450 g/mol. The van der Waals surface area contributed by atoms with Crippen LogP contribution in [0.25, 0.3) is 60.6 Å². The molecule has 2 heteroatoms. The van der Waals surface area contributed by atoms with Crippen LogP contribution in [0.1, 0.15) is 25.0 Å². The van der Waals surface area contributed by atoms with Crippen molar-refractivity contribution < 1.29 is 4.42 Å². The van der Waals surface area contributed by atoms with E-state index in [0.29, 0.717) is 0 Å². The molecule has 1 aliphatic carbocycles. The summed E-state index contributed by atoms with van der Waals surface area (Å²) in [6.07, 6.45) is 0. The Morgan fingerprint density at radius 1 is 0.657 bits per heavy atom. The number of hydrogen-bond donors (Lipinski definition) is 0. The van der Waals surface area contributed by atoms with Crippen molar-refractivity contribution in [2.75, 3.05) is 0 Å². The molecule has 2 heterocycles. The third-order valence-electron chi connectivity index (χ3n) is 7.94. The Bertz CT molecular complexity index is 1970. The number of furan rings is 1. The number of aromatic nitrogens is 1. The number of fused-ring (bicyclic) bond motifs is 12. The van der Waals surface area contributed by atoms with Crippen molar-refractivity contribution in [3.8, 4) is 16.8 Å². The Labute approximate surface area is 203 Å². The van der Waals surface area contributed by atoms with E-state index < -0.39 is 0 Å². The van der Waals surface area contributed by atoms with Gasteiger partial charge in [-0.15, -0.1) is 0 Å². The van der Waals surface area contributed by atoms with Gasteiger partial charge in [-0.1, -0.05) is 92.7 Å². The van der Waals surface area contributed by atoms with Crippen molar-refractivity contribution in [2.45, 2.75) is 19.3 Å². The summed E-state index contributed by atoms with van der Waals surface area (Å²) in [5.41, 5.74) is 10.8. The molecular formula is C33H23NO. The fourth-order valence-corrected chi connectivity index (χ4v) is 6.52. The average Bonchev–Trinajstić information content (AvgIpc) is 3.51. The number of benzene rings is 5. The molecule has 1 aliphatic rings. The van der Waals surface area contributed by atoms with E-state index in [1.807, 2.05) is 0 Å². The topological polar surface area (TPSA) is 18.1 Å². The van der Waals surface area contributed by atoms with E-state index in [-0.39, 0.29) is 5.41 Å². The highest BCUT2D eigenvalue weighted by molar-refractivity contribution is 6.30. The van der Waals surface area contributed by atoms with Crippen LogP contribution in [0.3, 0.4) is 0 Å². The Kier molecular flexibility index (Phi) is 3.50. The first-order valence-electron chi connectivity index (χ1n) is 12.2. The van der Waals surface area contributed by atoms with Gasteiger partial charge in [-0.05, 0) is 46.5 Å². The van der Waals surface area contributed by atoms with E-state index >= 15 is 0 Å². The molecule has 8 rings (SSSR count). The summed E-state index contributed by atoms with van der Waals surface area (Å²) in [5.74, 6) is 0. The largest absolute Gasteiger partial charge is 0.455 e. The van der Waals surface area contributed by atoms with Crippen LogP contribution in [0, 0.1) is 0 Å². The van der Waals surface area contributed by atoms with E-state index in [0.717, 1.165) is 11.2 Å². The first-order chi connectivity index (χ1) is 17.2. The molecule has 0 atom stereocenters. The summed E-state index contributed by atoms with van der Waals surface area (Å²) < 4.78 is 9.17. The van der Waals surface area contributed by atoms with Crippen LogP contribution in [0.5, 0.6) is 0 Å². The maximum Gasteiger partial charge on any atom is 0.146 e. The van der Waals surface area contributed by atoms with Crippen LogP contribution in [0.4, 0.5) is 0 Å². The fourth-order valence-electron chi connectivity index (χ4n) is 6.52. The number of hydrogen-bond acceptors (Lipinski definition) is 1. The molecule has 0 bridgehead atoms. The van der Waals surface area contributed by atoms with E-state index in [2.05, 4.69) is 122 Å². The highest BCUT2D eigenvalue weighted by atomic mass is 16.3. The molecule has 0 saturated carbocycles. The van der Waals surface area contributed by atoms with Crippen molar-refractivity contribution in [1.29, 1.82) is 0 Å². The SMILES string of the molecule is CC1(C)c2ccccc2-c2c1c1c(c3ccccc3n1-c1ccccc1)c1oc3ccccc3c21. The van der Waals surface area contributed by atoms with E-state index in [9.17, 15) is 0 Å². The Hall–Kier alpha value is -4.30. The highest BCUT2D eigenvalue weighted by Gasteiger charge is 2.41. The van der Waals surface area contributed by atoms with Gasteiger partial charge in [0.15, 0.2) is 0 Å². The third-order valence-corrected chi connectivity index (χ3v) is 7.94. The molecule has 0 radical (unpaired) electrons. The highest BCUT2D eigenvalue weighted by Crippen LogP contribution is 2.57. The molecule has 35 heavy (non-hydrogen) atoms. The molecule has 0 unspecified atom stereocenters. The van der Waals surface area contributed by atoms with E-state index in [1.54, 1.807) is 0 Å². The lowest BCUT2D eigenvalue weighted by Gasteiger charge is -2.24. The van der Waals surface area contributed by atoms with Gasteiger partial charge in [-0.25, -0.2) is 0 Å². The van der Waals surface area contributed by atoms with Gasteiger partial charge in [0.05, 0.1) is 16.4 Å². The third kappa shape index (κ3) is 2.25. The molecule has 5 aromatic carbocycles. The van der Waals surface area contributed by atoms with Crippen molar-refractivity contribution in [1.82, 2.24) is 4.57 Å². The lowest BCUT2D eigenvalue weighted by atomic mass is 9.81. The minimum Gasteiger partial charge on any atom is -0.455 e. The van der Waals surface area contributed by atoms with Crippen molar-refractivity contribution in [3.05, 3.63) is 114 Å². The maximum absolute atomic E-state index is 6.72. The van der Waals surface area contributed by atoms with Crippen LogP contribution in [-0.4, -0.2) is 4.57 Å². The second-order valence-electron chi connectivity index (χ2n) is 10.1. The van der Waals surface area contributed by atoms with Crippen LogP contribution in [0.15, 0.2) is 108 Å². The second-order valence-corrected chi connectivity index (χ2v) is 10.1. The standard InChI is InChI=1S/C33H23NO/c1-33(2)24-17-9-6-14-21(24)27-28-23-16-8-11-19-26(23)35-32(28)29-22-15-7-10-18-25(22)34(31(29)30(27)33)20-12-4-3-5-13-20/h3-19H,1-2H3. The molecule has 166 valence electrons. The van der Waals surface area contributed by atoms with Gasteiger partial charge < -0.3 is 8.98 Å². The Morgan fingerprint density at radius 2 is 1.34 bits per heavy atom. The first kappa shape index (κ1) is 19.1. The predicted octanol–water partition coefficient (Wildman–Crippen LogP) is 8.99. The normalized spacial score (nSPS) is 14.2. The molecule has 0 aliphatic heterocycles. The summed E-state index contributed by atoms with van der Waals surface area (Å²) >= 11 is 0. The van der Waals surface area contributed by atoms with Crippen LogP contribution < -0.4 is 0 Å². The summed E-state index contributed by atoms with van der Waals surface area (Å²) in [4.78, 5) is 0. The van der Waals surface area contributed by atoms with Crippen molar-refractivity contribution >= 4 is 43.7 Å². The molecule has 7 aromatic rings. The maximum atomic E-state index is 6.72. The van der Waals surface area contributed by atoms with E-state index in [1.165, 1.54) is 60.5 Å². The number of rotatable bonds is 1. The lowest BCUT2D eigenvalue weighted by molar-refractivity contribution is 0.662. The zero-order chi connectivity index (χ0) is 23.3. The van der Waals surface area contributed by atoms with Gasteiger partial charge in [0, 0.05) is 27.3 Å². The van der Waals surface area contributed by atoms with E-state index in [4.69, 9.17) is 4.42 Å². The molecule has 0 fully saturated rings. The molecule has 0 saturated heterocycles. The summed E-state index contributed by atoms with van der Waals surface area (Å²) in [6, 6.07) is 36.9. The summed E-state index contributed by atoms with van der Waals surface area (Å²) in [7, 11) is 0. The molecule has 0 amide bonds. The van der Waals surface area contributed by atoms with Crippen LogP contribution >= 0.6 is 0 Å². The Morgan fingerprint density at radius 3 is 2.20 bits per heavy atom. The molecular weight excluding hydrogens is 426 g/mol. The van der Waals surface area contributed by atoms with Gasteiger partial charge >= 0.3 is 0 Å². The molecule has 2 nitrogen and oxygen atoms in total. The molecule has 2 aromatic heterocycles. The van der Waals surface area contributed by atoms with Gasteiger partial charge in [-0.2, -0.15) is 0 Å². The van der Waals surface area contributed by atoms with Gasteiger partial charge in [0.25, 0.3) is 0 Å². The number of nitrogens with zero attached hydrogens (tertiary/aromatic N) is 1. The second kappa shape index (κ2) is 6.43. The summed E-state index contributed by atoms with van der Waals surface area (Å²) in [6.45, 7) is 4.75. The minimum atomic E-state index is -0.155. The lowest BCUT2D eigenvalue weighted by Crippen LogP contribution is -2.16.